The van der Waals surface area contributed by atoms with Crippen molar-refractivity contribution in [2.75, 3.05) is 0 Å². The second-order valence-corrected chi connectivity index (χ2v) is 6.27. The normalized spacial score (nSPS) is 27.0. The molecule has 4 rings (SSSR count). The summed E-state index contributed by atoms with van der Waals surface area (Å²) in [6, 6.07) is -0.333. The summed E-state index contributed by atoms with van der Waals surface area (Å²) in [5.74, 6) is -1.04. The van der Waals surface area contributed by atoms with Gasteiger partial charge in [0.05, 0.1) is 18.2 Å². The third kappa shape index (κ3) is 2.88. The van der Waals surface area contributed by atoms with Crippen molar-refractivity contribution in [3.63, 3.8) is 0 Å². The highest BCUT2D eigenvalue weighted by Crippen LogP contribution is 2.28. The van der Waals surface area contributed by atoms with Gasteiger partial charge in [-0.05, 0) is 12.5 Å². The lowest BCUT2D eigenvalue weighted by Gasteiger charge is -2.30. The van der Waals surface area contributed by atoms with Gasteiger partial charge in [-0.3, -0.25) is 9.59 Å². The number of fused-ring (bicyclic) bond motifs is 1. The van der Waals surface area contributed by atoms with Crippen molar-refractivity contribution in [1.82, 2.24) is 15.6 Å². The van der Waals surface area contributed by atoms with Crippen LogP contribution in [0.15, 0.2) is 76.6 Å². The molecule has 0 spiro atoms. The molecule has 1 aromatic rings. The minimum Gasteiger partial charge on any atom is -0.511 e. The van der Waals surface area contributed by atoms with Gasteiger partial charge in [-0.1, -0.05) is 36.5 Å². The second kappa shape index (κ2) is 6.51. The Morgan fingerprint density at radius 2 is 2.15 bits per heavy atom. The average molecular weight is 351 g/mol. The van der Waals surface area contributed by atoms with Crippen molar-refractivity contribution >= 4 is 11.8 Å². The highest BCUT2D eigenvalue weighted by molar-refractivity contribution is 6.20. The number of rotatable bonds is 3. The topological polar surface area (TPSA) is 104 Å². The molecule has 0 fully saturated rings. The molecule has 3 unspecified atom stereocenters. The van der Waals surface area contributed by atoms with Crippen LogP contribution < -0.4 is 10.6 Å². The first kappa shape index (κ1) is 16.1. The minimum absolute atomic E-state index is 0.0590. The second-order valence-electron chi connectivity index (χ2n) is 6.27. The van der Waals surface area contributed by atoms with Gasteiger partial charge in [0.15, 0.2) is 6.39 Å². The first-order valence-electron chi connectivity index (χ1n) is 8.30. The first-order chi connectivity index (χ1) is 12.6. The fourth-order valence-corrected chi connectivity index (χ4v) is 3.26. The quantitative estimate of drug-likeness (QED) is 0.720. The smallest absolute Gasteiger partial charge is 0.264 e. The first-order valence-corrected chi connectivity index (χ1v) is 8.30. The molecule has 26 heavy (non-hydrogen) atoms. The summed E-state index contributed by atoms with van der Waals surface area (Å²) >= 11 is 0. The Balaban J connectivity index is 1.48. The van der Waals surface area contributed by atoms with Crippen LogP contribution in [0.25, 0.3) is 0 Å². The highest BCUT2D eigenvalue weighted by atomic mass is 16.3. The molecule has 0 aromatic carbocycles. The minimum atomic E-state index is -0.629. The highest BCUT2D eigenvalue weighted by Gasteiger charge is 2.37. The SMILES string of the molecule is O=C(NC1=CCC(c2cnco2)C=C1)C1=C(O)C2C=CC=CC2NC1=O. The fourth-order valence-electron chi connectivity index (χ4n) is 3.26. The Morgan fingerprint density at radius 3 is 2.88 bits per heavy atom. The van der Waals surface area contributed by atoms with Crippen molar-refractivity contribution < 1.29 is 19.1 Å². The summed E-state index contributed by atoms with van der Waals surface area (Å²) in [6.07, 6.45) is 16.3. The van der Waals surface area contributed by atoms with E-state index in [4.69, 9.17) is 4.42 Å². The van der Waals surface area contributed by atoms with Crippen LogP contribution in [0.2, 0.25) is 0 Å². The summed E-state index contributed by atoms with van der Waals surface area (Å²) in [6.45, 7) is 0. The van der Waals surface area contributed by atoms with E-state index in [0.29, 0.717) is 12.1 Å². The average Bonchev–Trinajstić information content (AvgIpc) is 3.17. The number of oxazole rings is 1. The Hall–Kier alpha value is -3.35. The lowest BCUT2D eigenvalue weighted by Crippen LogP contribution is -2.48. The lowest BCUT2D eigenvalue weighted by atomic mass is 9.87. The van der Waals surface area contributed by atoms with Gasteiger partial charge >= 0.3 is 0 Å². The fraction of sp³-hybridized carbons (Fsp3) is 0.211. The third-order valence-electron chi connectivity index (χ3n) is 4.63. The zero-order valence-corrected chi connectivity index (χ0v) is 13.8. The molecular formula is C19H17N3O4. The number of allylic oxidation sites excluding steroid dienone is 5. The van der Waals surface area contributed by atoms with E-state index < -0.39 is 17.7 Å². The van der Waals surface area contributed by atoms with Crippen LogP contribution in [0.1, 0.15) is 18.1 Å². The predicted octanol–water partition coefficient (Wildman–Crippen LogP) is 1.77. The van der Waals surface area contributed by atoms with Crippen molar-refractivity contribution in [2.24, 2.45) is 5.92 Å². The Morgan fingerprint density at radius 1 is 1.31 bits per heavy atom. The van der Waals surface area contributed by atoms with Gasteiger partial charge in [-0.25, -0.2) is 4.98 Å². The van der Waals surface area contributed by atoms with E-state index in [9.17, 15) is 14.7 Å². The molecule has 2 aliphatic carbocycles. The zero-order valence-electron chi connectivity index (χ0n) is 13.8. The molecule has 3 atom stereocenters. The monoisotopic (exact) mass is 351 g/mol. The van der Waals surface area contributed by atoms with Crippen molar-refractivity contribution in [3.8, 4) is 0 Å². The summed E-state index contributed by atoms with van der Waals surface area (Å²) in [5, 5.41) is 15.8. The van der Waals surface area contributed by atoms with E-state index >= 15 is 0 Å². The van der Waals surface area contributed by atoms with E-state index in [2.05, 4.69) is 15.6 Å². The Bertz CT molecular complexity index is 890. The molecule has 0 saturated carbocycles. The van der Waals surface area contributed by atoms with Gasteiger partial charge in [-0.15, -0.1) is 0 Å². The van der Waals surface area contributed by atoms with Gasteiger partial charge in [0, 0.05) is 11.6 Å². The van der Waals surface area contributed by atoms with E-state index in [1.165, 1.54) is 6.39 Å². The zero-order chi connectivity index (χ0) is 18.1. The molecule has 0 radical (unpaired) electrons. The van der Waals surface area contributed by atoms with Gasteiger partial charge in [-0.2, -0.15) is 0 Å². The Kier molecular flexibility index (Phi) is 4.04. The molecular weight excluding hydrogens is 334 g/mol. The number of amides is 2. The molecule has 1 aromatic heterocycles. The number of hydrogen-bond donors (Lipinski definition) is 3. The molecule has 132 valence electrons. The standard InChI is InChI=1S/C19H17N3O4/c23-17-13-3-1-2-4-14(13)22-19(25)16(17)18(24)21-12-7-5-11(6-8-12)15-9-20-10-26-15/h1-5,7-11,13-14,23H,6H2,(H,21,24)(H,22,25). The van der Waals surface area contributed by atoms with Crippen molar-refractivity contribution in [1.29, 1.82) is 0 Å². The van der Waals surface area contributed by atoms with E-state index in [0.717, 1.165) is 5.76 Å². The molecule has 2 amide bonds. The summed E-state index contributed by atoms with van der Waals surface area (Å²) in [5.41, 5.74) is 0.318. The molecule has 3 N–H and O–H groups in total. The molecule has 3 aliphatic rings. The van der Waals surface area contributed by atoms with E-state index in [1.807, 2.05) is 12.2 Å². The number of aromatic nitrogens is 1. The van der Waals surface area contributed by atoms with Crippen LogP contribution >= 0.6 is 0 Å². The van der Waals surface area contributed by atoms with Crippen LogP contribution in [0.3, 0.4) is 0 Å². The maximum Gasteiger partial charge on any atom is 0.264 e. The van der Waals surface area contributed by atoms with Crippen LogP contribution in [0.4, 0.5) is 0 Å². The maximum absolute atomic E-state index is 12.5. The van der Waals surface area contributed by atoms with Crippen molar-refractivity contribution in [2.45, 2.75) is 18.4 Å². The molecule has 0 saturated heterocycles. The van der Waals surface area contributed by atoms with Crippen LogP contribution in [-0.2, 0) is 9.59 Å². The number of hydrogen-bond acceptors (Lipinski definition) is 5. The molecule has 0 bridgehead atoms. The third-order valence-corrected chi connectivity index (χ3v) is 4.63. The number of carbonyl (C=O) groups is 2. The number of carbonyl (C=O) groups excluding carboxylic acids is 2. The maximum atomic E-state index is 12.5. The van der Waals surface area contributed by atoms with E-state index in [1.54, 1.807) is 36.6 Å². The lowest BCUT2D eigenvalue weighted by molar-refractivity contribution is -0.124. The van der Waals surface area contributed by atoms with Gasteiger partial charge in [0.1, 0.15) is 17.1 Å². The number of aliphatic hydroxyl groups is 1. The largest absolute Gasteiger partial charge is 0.511 e. The number of aliphatic hydroxyl groups excluding tert-OH is 1. The van der Waals surface area contributed by atoms with Gasteiger partial charge in [0.25, 0.3) is 11.8 Å². The van der Waals surface area contributed by atoms with Crippen LogP contribution in [0, 0.1) is 5.92 Å². The number of nitrogens with one attached hydrogen (secondary N) is 2. The summed E-state index contributed by atoms with van der Waals surface area (Å²) in [4.78, 5) is 28.7. The predicted molar refractivity (Wildman–Crippen MR) is 92.6 cm³/mol. The molecule has 2 heterocycles. The van der Waals surface area contributed by atoms with Crippen LogP contribution in [0.5, 0.6) is 0 Å². The molecule has 1 aliphatic heterocycles. The molecule has 7 nitrogen and oxygen atoms in total. The Labute approximate surface area is 149 Å². The van der Waals surface area contributed by atoms with Gasteiger partial charge in [0.2, 0.25) is 0 Å². The molecule has 7 heteroatoms. The van der Waals surface area contributed by atoms with Crippen LogP contribution in [-0.4, -0.2) is 27.9 Å². The van der Waals surface area contributed by atoms with E-state index in [-0.39, 0.29) is 23.3 Å². The van der Waals surface area contributed by atoms with Crippen molar-refractivity contribution in [3.05, 3.63) is 77.9 Å². The summed E-state index contributed by atoms with van der Waals surface area (Å²) in [7, 11) is 0. The van der Waals surface area contributed by atoms with Gasteiger partial charge < -0.3 is 20.2 Å². The summed E-state index contributed by atoms with van der Waals surface area (Å²) < 4.78 is 5.28. The number of nitrogens with zero attached hydrogens (tertiary/aromatic N) is 1.